The molecule has 0 aromatic heterocycles. The van der Waals surface area contributed by atoms with E-state index in [1.807, 2.05) is 0 Å². The SMILES string of the molecule is C1CC2C[N]CC(C1)C2. The highest BCUT2D eigenvalue weighted by Gasteiger charge is 2.25. The molecule has 0 amide bonds. The van der Waals surface area contributed by atoms with Gasteiger partial charge >= 0.3 is 0 Å². The molecule has 0 spiro atoms. The third kappa shape index (κ3) is 1.11. The molecule has 0 aromatic rings. The average Bonchev–Trinajstić information content (AvgIpc) is 1.88. The Kier molecular flexibility index (Phi) is 1.46. The van der Waals surface area contributed by atoms with Crippen LogP contribution in [0.5, 0.6) is 0 Å². The highest BCUT2D eigenvalue weighted by atomic mass is 14.9. The maximum absolute atomic E-state index is 4.46. The minimum atomic E-state index is 0.984. The molecule has 2 unspecified atom stereocenters. The predicted molar refractivity (Wildman–Crippen MR) is 37.3 cm³/mol. The van der Waals surface area contributed by atoms with Gasteiger partial charge in [-0.2, -0.15) is 0 Å². The van der Waals surface area contributed by atoms with Crippen molar-refractivity contribution in [1.29, 1.82) is 0 Å². The van der Waals surface area contributed by atoms with Crippen LogP contribution in [0.4, 0.5) is 0 Å². The molecule has 2 aliphatic rings. The molecule has 1 saturated heterocycles. The monoisotopic (exact) mass is 124 g/mol. The molecule has 2 atom stereocenters. The zero-order valence-corrected chi connectivity index (χ0v) is 5.84. The van der Waals surface area contributed by atoms with Crippen molar-refractivity contribution in [2.45, 2.75) is 25.7 Å². The molecule has 9 heavy (non-hydrogen) atoms. The van der Waals surface area contributed by atoms with Crippen molar-refractivity contribution in [3.8, 4) is 0 Å². The lowest BCUT2D eigenvalue weighted by Gasteiger charge is -2.33. The Hall–Kier alpha value is -0.0400. The van der Waals surface area contributed by atoms with Gasteiger partial charge in [0.15, 0.2) is 0 Å². The average molecular weight is 124 g/mol. The molecule has 1 radical (unpaired) electrons. The number of fused-ring (bicyclic) bond motifs is 2. The first-order valence-corrected chi connectivity index (χ1v) is 4.08. The molecule has 2 fully saturated rings. The first-order valence-electron chi connectivity index (χ1n) is 4.08. The van der Waals surface area contributed by atoms with E-state index in [1.165, 1.54) is 38.8 Å². The fourth-order valence-corrected chi connectivity index (χ4v) is 2.17. The molecule has 0 aromatic carbocycles. The fourth-order valence-electron chi connectivity index (χ4n) is 2.17. The van der Waals surface area contributed by atoms with Crippen LogP contribution in [0.3, 0.4) is 0 Å². The summed E-state index contributed by atoms with van der Waals surface area (Å²) >= 11 is 0. The van der Waals surface area contributed by atoms with Crippen LogP contribution in [0.2, 0.25) is 0 Å². The smallest absolute Gasteiger partial charge is 0.0161 e. The summed E-state index contributed by atoms with van der Waals surface area (Å²) < 4.78 is 0. The maximum atomic E-state index is 4.46. The lowest BCUT2D eigenvalue weighted by Crippen LogP contribution is -2.34. The van der Waals surface area contributed by atoms with Crippen LogP contribution in [0, 0.1) is 11.8 Å². The van der Waals surface area contributed by atoms with Crippen LogP contribution < -0.4 is 5.32 Å². The second kappa shape index (κ2) is 2.30. The molecule has 1 nitrogen and oxygen atoms in total. The molecule has 51 valence electrons. The largest absolute Gasteiger partial charge is 0.241 e. The van der Waals surface area contributed by atoms with Gasteiger partial charge in [0.1, 0.15) is 0 Å². The molecule has 2 rings (SSSR count). The number of piperidine rings is 1. The third-order valence-electron chi connectivity index (χ3n) is 2.67. The maximum Gasteiger partial charge on any atom is 0.0161 e. The molecule has 0 N–H and O–H groups in total. The van der Waals surface area contributed by atoms with Gasteiger partial charge in [0.05, 0.1) is 0 Å². The van der Waals surface area contributed by atoms with E-state index in [-0.39, 0.29) is 0 Å². The van der Waals surface area contributed by atoms with Crippen LogP contribution in [-0.2, 0) is 0 Å². The van der Waals surface area contributed by atoms with Gasteiger partial charge < -0.3 is 0 Å². The van der Waals surface area contributed by atoms with Gasteiger partial charge in [0, 0.05) is 13.1 Å². The Bertz CT molecular complexity index is 80.7. The Morgan fingerprint density at radius 1 is 1.00 bits per heavy atom. The van der Waals surface area contributed by atoms with Gasteiger partial charge in [-0.25, -0.2) is 5.32 Å². The molecule has 2 bridgehead atoms. The van der Waals surface area contributed by atoms with Crippen molar-refractivity contribution in [2.24, 2.45) is 11.8 Å². The molecule has 1 saturated carbocycles. The number of rotatable bonds is 0. The summed E-state index contributed by atoms with van der Waals surface area (Å²) in [7, 11) is 0. The Labute approximate surface area is 56.8 Å². The van der Waals surface area contributed by atoms with Gasteiger partial charge in [0.25, 0.3) is 0 Å². The van der Waals surface area contributed by atoms with E-state index in [2.05, 4.69) is 5.32 Å². The van der Waals surface area contributed by atoms with Gasteiger partial charge in [0.2, 0.25) is 0 Å². The van der Waals surface area contributed by atoms with E-state index in [0.29, 0.717) is 0 Å². The minimum Gasteiger partial charge on any atom is -0.241 e. The fraction of sp³-hybridized carbons (Fsp3) is 1.00. The summed E-state index contributed by atoms with van der Waals surface area (Å²) in [4.78, 5) is 0. The lowest BCUT2D eigenvalue weighted by molar-refractivity contribution is 0.205. The second-order valence-electron chi connectivity index (χ2n) is 3.49. The zero-order chi connectivity index (χ0) is 6.10. The second-order valence-corrected chi connectivity index (χ2v) is 3.49. The molecule has 1 aliphatic carbocycles. The Morgan fingerprint density at radius 2 is 1.67 bits per heavy atom. The van der Waals surface area contributed by atoms with E-state index < -0.39 is 0 Å². The van der Waals surface area contributed by atoms with E-state index in [4.69, 9.17) is 0 Å². The summed E-state index contributed by atoms with van der Waals surface area (Å²) in [5, 5.41) is 4.46. The third-order valence-corrected chi connectivity index (χ3v) is 2.67. The molecule has 1 aliphatic heterocycles. The van der Waals surface area contributed by atoms with Crippen molar-refractivity contribution in [1.82, 2.24) is 5.32 Å². The van der Waals surface area contributed by atoms with E-state index >= 15 is 0 Å². The van der Waals surface area contributed by atoms with Gasteiger partial charge in [-0.3, -0.25) is 0 Å². The van der Waals surface area contributed by atoms with Crippen molar-refractivity contribution < 1.29 is 0 Å². The van der Waals surface area contributed by atoms with Crippen molar-refractivity contribution in [3.05, 3.63) is 0 Å². The quantitative estimate of drug-likeness (QED) is 0.463. The van der Waals surface area contributed by atoms with E-state index in [9.17, 15) is 0 Å². The normalized spacial score (nSPS) is 42.7. The van der Waals surface area contributed by atoms with Crippen LogP contribution in [-0.4, -0.2) is 13.1 Å². The first kappa shape index (κ1) is 5.72. The number of nitrogens with zero attached hydrogens (tertiary/aromatic N) is 1. The Morgan fingerprint density at radius 3 is 2.22 bits per heavy atom. The van der Waals surface area contributed by atoms with Crippen LogP contribution in [0.15, 0.2) is 0 Å². The molecular formula is C8H14N. The van der Waals surface area contributed by atoms with Crippen LogP contribution >= 0.6 is 0 Å². The zero-order valence-electron chi connectivity index (χ0n) is 5.84. The van der Waals surface area contributed by atoms with Crippen LogP contribution in [0.1, 0.15) is 25.7 Å². The van der Waals surface area contributed by atoms with E-state index in [1.54, 1.807) is 0 Å². The summed E-state index contributed by atoms with van der Waals surface area (Å²) in [5.74, 6) is 1.97. The number of hydrogen-bond donors (Lipinski definition) is 0. The topological polar surface area (TPSA) is 14.1 Å². The minimum absolute atomic E-state index is 0.984. The van der Waals surface area contributed by atoms with Crippen molar-refractivity contribution in [2.75, 3.05) is 13.1 Å². The molecule has 1 heteroatoms. The Balaban J connectivity index is 1.96. The standard InChI is InChI=1S/C8H14N/c1-2-7-4-8(3-1)6-9-5-7/h7-8H,1-6H2. The van der Waals surface area contributed by atoms with E-state index in [0.717, 1.165) is 11.8 Å². The van der Waals surface area contributed by atoms with Gasteiger partial charge in [-0.05, 0) is 31.1 Å². The van der Waals surface area contributed by atoms with Crippen molar-refractivity contribution in [3.63, 3.8) is 0 Å². The summed E-state index contributed by atoms with van der Waals surface area (Å²) in [6.45, 7) is 2.35. The van der Waals surface area contributed by atoms with Gasteiger partial charge in [-0.15, -0.1) is 0 Å². The highest BCUT2D eigenvalue weighted by molar-refractivity contribution is 4.80. The summed E-state index contributed by atoms with van der Waals surface area (Å²) in [5.41, 5.74) is 0. The van der Waals surface area contributed by atoms with Crippen LogP contribution in [0.25, 0.3) is 0 Å². The van der Waals surface area contributed by atoms with Crippen molar-refractivity contribution >= 4 is 0 Å². The highest BCUT2D eigenvalue weighted by Crippen LogP contribution is 2.31. The van der Waals surface area contributed by atoms with Gasteiger partial charge in [-0.1, -0.05) is 6.42 Å². The summed E-state index contributed by atoms with van der Waals surface area (Å²) in [6.07, 6.45) is 5.88. The molecular weight excluding hydrogens is 110 g/mol. The summed E-state index contributed by atoms with van der Waals surface area (Å²) in [6, 6.07) is 0. The molecule has 1 heterocycles. The lowest BCUT2D eigenvalue weighted by atomic mass is 9.79. The number of hydrogen-bond acceptors (Lipinski definition) is 0. The predicted octanol–water partition coefficient (Wildman–Crippen LogP) is 1.41. The first-order chi connectivity index (χ1) is 4.45.